The predicted molar refractivity (Wildman–Crippen MR) is 51.8 cm³/mol. The molecule has 0 bridgehead atoms. The van der Waals surface area contributed by atoms with Gasteiger partial charge in [-0.25, -0.2) is 0 Å². The highest BCUT2D eigenvalue weighted by Gasteiger charge is 2.10. The third-order valence-electron chi connectivity index (χ3n) is 2.03. The molecule has 0 radical (unpaired) electrons. The minimum Gasteiger partial charge on any atom is -0.319 e. The molecule has 66 valence electrons. The fourth-order valence-electron chi connectivity index (χ4n) is 0.739. The topological polar surface area (TPSA) is 12.0 Å². The van der Waals surface area contributed by atoms with Gasteiger partial charge in [0.15, 0.2) is 0 Å². The van der Waals surface area contributed by atoms with Crippen LogP contribution in [0.3, 0.4) is 0 Å². The van der Waals surface area contributed by atoms with Crippen molar-refractivity contribution >= 4 is 0 Å². The average Bonchev–Trinajstić information content (AvgIpc) is 1.86. The smallest absolute Gasteiger partial charge is 0.00172 e. The zero-order valence-corrected chi connectivity index (χ0v) is 8.49. The normalized spacial score (nSPS) is 13.7. The van der Waals surface area contributed by atoms with Crippen LogP contribution in [0, 0.1) is 5.41 Å². The monoisotopic (exact) mass is 155 g/mol. The van der Waals surface area contributed by atoms with Crippen LogP contribution in [0.5, 0.6) is 0 Å². The van der Waals surface area contributed by atoms with Crippen molar-refractivity contribution in [3.63, 3.8) is 0 Å². The maximum atomic E-state index is 3.13. The van der Waals surface area contributed by atoms with E-state index in [2.05, 4.69) is 39.1 Å². The predicted octanol–water partition coefficient (Wildman–Crippen LogP) is 2.59. The van der Waals surface area contributed by atoms with E-state index in [1.54, 1.807) is 0 Å². The molecule has 0 saturated carbocycles. The number of hydrogen-bond acceptors (Lipinski definition) is 1. The minimum atomic E-state index is 0.341. The Morgan fingerprint density at radius 2 is 1.91 bits per heavy atom. The molecule has 0 aliphatic heterocycles. The molecule has 0 atom stereocenters. The van der Waals surface area contributed by atoms with E-state index in [0.717, 1.165) is 13.0 Å². The Morgan fingerprint density at radius 1 is 1.36 bits per heavy atom. The molecule has 0 aromatic heterocycles. The van der Waals surface area contributed by atoms with Gasteiger partial charge in [-0.1, -0.05) is 32.4 Å². The van der Waals surface area contributed by atoms with Crippen LogP contribution in [0.15, 0.2) is 11.6 Å². The van der Waals surface area contributed by atoms with Crippen LogP contribution in [0.4, 0.5) is 0 Å². The maximum Gasteiger partial charge on any atom is -0.00172 e. The molecule has 0 amide bonds. The van der Waals surface area contributed by atoms with Gasteiger partial charge in [0.25, 0.3) is 0 Å². The summed E-state index contributed by atoms with van der Waals surface area (Å²) in [5.41, 5.74) is 1.82. The van der Waals surface area contributed by atoms with Crippen LogP contribution < -0.4 is 5.32 Å². The number of rotatable bonds is 3. The molecule has 1 N–H and O–H groups in total. The highest BCUT2D eigenvalue weighted by atomic mass is 14.8. The van der Waals surface area contributed by atoms with E-state index >= 15 is 0 Å². The molecule has 0 heterocycles. The van der Waals surface area contributed by atoms with Crippen molar-refractivity contribution in [3.05, 3.63) is 11.6 Å². The lowest BCUT2D eigenvalue weighted by Gasteiger charge is -2.19. The van der Waals surface area contributed by atoms with Crippen molar-refractivity contribution in [2.45, 2.75) is 34.1 Å². The molecule has 0 aromatic carbocycles. The summed E-state index contributed by atoms with van der Waals surface area (Å²) in [6.45, 7) is 10.0. The summed E-state index contributed by atoms with van der Waals surface area (Å²) in [5.74, 6) is 0. The van der Waals surface area contributed by atoms with Crippen LogP contribution >= 0.6 is 0 Å². The second-order valence-electron chi connectivity index (χ2n) is 4.03. The molecule has 0 rings (SSSR count). The first-order valence-corrected chi connectivity index (χ1v) is 4.30. The first-order valence-electron chi connectivity index (χ1n) is 4.30. The summed E-state index contributed by atoms with van der Waals surface area (Å²) in [6.07, 6.45) is 3.45. The molecule has 0 spiro atoms. The lowest BCUT2D eigenvalue weighted by molar-refractivity contribution is 0.501. The minimum absolute atomic E-state index is 0.341. The maximum absolute atomic E-state index is 3.13. The van der Waals surface area contributed by atoms with E-state index in [4.69, 9.17) is 0 Å². The second kappa shape index (κ2) is 4.55. The van der Waals surface area contributed by atoms with Gasteiger partial charge in [-0.3, -0.25) is 0 Å². The fraction of sp³-hybridized carbons (Fsp3) is 0.800. The number of nitrogens with one attached hydrogen (secondary N) is 1. The van der Waals surface area contributed by atoms with Crippen LogP contribution in [-0.4, -0.2) is 13.6 Å². The van der Waals surface area contributed by atoms with Crippen LogP contribution in [0.25, 0.3) is 0 Å². The Hall–Kier alpha value is -0.300. The quantitative estimate of drug-likeness (QED) is 0.488. The fourth-order valence-corrected chi connectivity index (χ4v) is 0.739. The largest absolute Gasteiger partial charge is 0.319 e. The molecule has 0 aliphatic carbocycles. The van der Waals surface area contributed by atoms with Crippen LogP contribution in [-0.2, 0) is 0 Å². The van der Waals surface area contributed by atoms with Crippen molar-refractivity contribution < 1.29 is 0 Å². The van der Waals surface area contributed by atoms with Crippen LogP contribution in [0.2, 0.25) is 0 Å². The number of hydrogen-bond donors (Lipinski definition) is 1. The molecule has 0 fully saturated rings. The van der Waals surface area contributed by atoms with E-state index in [-0.39, 0.29) is 0 Å². The summed E-state index contributed by atoms with van der Waals surface area (Å²) in [7, 11) is 1.99. The van der Waals surface area contributed by atoms with Gasteiger partial charge >= 0.3 is 0 Å². The lowest BCUT2D eigenvalue weighted by atomic mass is 9.87. The zero-order valence-electron chi connectivity index (χ0n) is 8.49. The third-order valence-corrected chi connectivity index (χ3v) is 2.03. The van der Waals surface area contributed by atoms with Gasteiger partial charge in [0.05, 0.1) is 0 Å². The van der Waals surface area contributed by atoms with Gasteiger partial charge in [-0.05, 0) is 32.4 Å². The standard InChI is InChI=1S/C10H21N/c1-9(10(2,3)4)7-6-8-11-5/h7,11H,6,8H2,1-5H3. The van der Waals surface area contributed by atoms with Crippen LogP contribution in [0.1, 0.15) is 34.1 Å². The van der Waals surface area contributed by atoms with Crippen molar-refractivity contribution in [3.8, 4) is 0 Å². The third kappa shape index (κ3) is 5.02. The van der Waals surface area contributed by atoms with E-state index < -0.39 is 0 Å². The first kappa shape index (κ1) is 10.7. The summed E-state index contributed by atoms with van der Waals surface area (Å²) >= 11 is 0. The number of allylic oxidation sites excluding steroid dienone is 1. The van der Waals surface area contributed by atoms with Crippen molar-refractivity contribution in [2.75, 3.05) is 13.6 Å². The summed E-state index contributed by atoms with van der Waals surface area (Å²) < 4.78 is 0. The molecular formula is C10H21N. The Balaban J connectivity index is 3.81. The van der Waals surface area contributed by atoms with E-state index in [1.165, 1.54) is 5.57 Å². The van der Waals surface area contributed by atoms with Gasteiger partial charge in [-0.15, -0.1) is 0 Å². The molecule has 0 aliphatic rings. The molecule has 0 aromatic rings. The molecule has 0 unspecified atom stereocenters. The summed E-state index contributed by atoms with van der Waals surface area (Å²) in [6, 6.07) is 0. The molecule has 1 heteroatoms. The second-order valence-corrected chi connectivity index (χ2v) is 4.03. The van der Waals surface area contributed by atoms with E-state index in [0.29, 0.717) is 5.41 Å². The van der Waals surface area contributed by atoms with Gasteiger partial charge in [0.1, 0.15) is 0 Å². The Morgan fingerprint density at radius 3 is 2.27 bits per heavy atom. The summed E-state index contributed by atoms with van der Waals surface area (Å²) in [5, 5.41) is 3.13. The highest BCUT2D eigenvalue weighted by molar-refractivity contribution is 5.07. The lowest BCUT2D eigenvalue weighted by Crippen LogP contribution is -2.09. The van der Waals surface area contributed by atoms with E-state index in [9.17, 15) is 0 Å². The Kier molecular flexibility index (Phi) is 4.43. The Bertz CT molecular complexity index is 128. The molecular weight excluding hydrogens is 134 g/mol. The first-order chi connectivity index (χ1) is 4.98. The van der Waals surface area contributed by atoms with Crippen molar-refractivity contribution in [2.24, 2.45) is 5.41 Å². The van der Waals surface area contributed by atoms with E-state index in [1.807, 2.05) is 7.05 Å². The van der Waals surface area contributed by atoms with Gasteiger partial charge < -0.3 is 5.32 Å². The molecule has 11 heavy (non-hydrogen) atoms. The SMILES string of the molecule is CNCCC=C(C)C(C)(C)C. The highest BCUT2D eigenvalue weighted by Crippen LogP contribution is 2.24. The average molecular weight is 155 g/mol. The summed E-state index contributed by atoms with van der Waals surface area (Å²) in [4.78, 5) is 0. The Labute approximate surface area is 70.9 Å². The van der Waals surface area contributed by atoms with Crippen molar-refractivity contribution in [1.82, 2.24) is 5.32 Å². The molecule has 1 nitrogen and oxygen atoms in total. The van der Waals surface area contributed by atoms with Gasteiger partial charge in [-0.2, -0.15) is 0 Å². The van der Waals surface area contributed by atoms with Gasteiger partial charge in [0.2, 0.25) is 0 Å². The van der Waals surface area contributed by atoms with Gasteiger partial charge in [0, 0.05) is 0 Å². The zero-order chi connectivity index (χ0) is 8.91. The van der Waals surface area contributed by atoms with Crippen molar-refractivity contribution in [1.29, 1.82) is 0 Å². The molecule has 0 saturated heterocycles.